The first-order valence-electron chi connectivity index (χ1n) is 9.92. The van der Waals surface area contributed by atoms with Gasteiger partial charge in [-0.2, -0.15) is 0 Å². The quantitative estimate of drug-likeness (QED) is 0.488. The number of amides is 2. The number of aromatic nitrogens is 2. The van der Waals surface area contributed by atoms with Crippen LogP contribution in [0, 0.1) is 11.6 Å². The standard InChI is InChI=1S/C24H20F2N4O2/c1-30-20-10-6-5-9-19(20)28-23(30)22(15-7-3-2-4-8-15)29-21(31)14-27-24(32)16-11-17(25)13-18(26)12-16/h2-13,22H,14H2,1H3,(H,27,32)(H,29,31). The molecule has 0 aliphatic heterocycles. The van der Waals surface area contributed by atoms with Gasteiger partial charge in [-0.3, -0.25) is 9.59 Å². The predicted octanol–water partition coefficient (Wildman–Crippen LogP) is 3.49. The van der Waals surface area contributed by atoms with Gasteiger partial charge in [-0.25, -0.2) is 13.8 Å². The van der Waals surface area contributed by atoms with Crippen molar-refractivity contribution >= 4 is 22.8 Å². The van der Waals surface area contributed by atoms with Crippen LogP contribution < -0.4 is 10.6 Å². The molecular formula is C24H20F2N4O2. The van der Waals surface area contributed by atoms with E-state index in [0.29, 0.717) is 11.9 Å². The summed E-state index contributed by atoms with van der Waals surface area (Å²) in [7, 11) is 1.87. The van der Waals surface area contributed by atoms with E-state index in [1.807, 2.05) is 66.2 Å². The van der Waals surface area contributed by atoms with E-state index < -0.39 is 29.5 Å². The van der Waals surface area contributed by atoms with E-state index in [-0.39, 0.29) is 12.1 Å². The summed E-state index contributed by atoms with van der Waals surface area (Å²) in [5.41, 5.74) is 2.32. The van der Waals surface area contributed by atoms with Gasteiger partial charge in [0, 0.05) is 18.7 Å². The van der Waals surface area contributed by atoms with E-state index in [1.54, 1.807) is 0 Å². The van der Waals surface area contributed by atoms with Crippen LogP contribution in [0.2, 0.25) is 0 Å². The first-order chi connectivity index (χ1) is 15.4. The molecule has 4 rings (SSSR count). The van der Waals surface area contributed by atoms with E-state index in [2.05, 4.69) is 15.6 Å². The summed E-state index contributed by atoms with van der Waals surface area (Å²) in [6.45, 7) is -0.371. The lowest BCUT2D eigenvalue weighted by atomic mass is 10.1. The van der Waals surface area contributed by atoms with Crippen molar-refractivity contribution in [1.82, 2.24) is 20.2 Å². The minimum Gasteiger partial charge on any atom is -0.343 e. The van der Waals surface area contributed by atoms with E-state index in [9.17, 15) is 18.4 Å². The van der Waals surface area contributed by atoms with Crippen molar-refractivity contribution in [2.45, 2.75) is 6.04 Å². The van der Waals surface area contributed by atoms with Crippen molar-refractivity contribution < 1.29 is 18.4 Å². The molecular weight excluding hydrogens is 414 g/mol. The Morgan fingerprint density at radius 1 is 0.969 bits per heavy atom. The molecule has 1 heterocycles. The Balaban J connectivity index is 1.54. The Bertz CT molecular complexity index is 1270. The van der Waals surface area contributed by atoms with Crippen LogP contribution in [0.3, 0.4) is 0 Å². The van der Waals surface area contributed by atoms with Gasteiger partial charge in [0.15, 0.2) is 0 Å². The first kappa shape index (κ1) is 21.2. The average molecular weight is 434 g/mol. The number of rotatable bonds is 6. The maximum absolute atomic E-state index is 13.4. The maximum Gasteiger partial charge on any atom is 0.251 e. The summed E-state index contributed by atoms with van der Waals surface area (Å²) in [5, 5.41) is 5.29. The molecule has 162 valence electrons. The smallest absolute Gasteiger partial charge is 0.251 e. The molecule has 3 aromatic carbocycles. The molecule has 0 spiro atoms. The second-order valence-electron chi connectivity index (χ2n) is 7.27. The monoisotopic (exact) mass is 434 g/mol. The first-order valence-corrected chi connectivity index (χ1v) is 9.92. The molecule has 0 radical (unpaired) electrons. The maximum atomic E-state index is 13.4. The average Bonchev–Trinajstić information content (AvgIpc) is 3.12. The minimum absolute atomic E-state index is 0.203. The largest absolute Gasteiger partial charge is 0.343 e. The number of carbonyl (C=O) groups is 2. The summed E-state index contributed by atoms with van der Waals surface area (Å²) in [4.78, 5) is 29.6. The molecule has 6 nitrogen and oxygen atoms in total. The molecule has 0 bridgehead atoms. The van der Waals surface area contributed by atoms with Crippen LogP contribution in [0.4, 0.5) is 8.78 Å². The molecule has 0 saturated carbocycles. The highest BCUT2D eigenvalue weighted by molar-refractivity contribution is 5.96. The van der Waals surface area contributed by atoms with Crippen LogP contribution in [-0.2, 0) is 11.8 Å². The summed E-state index contributed by atoms with van der Waals surface area (Å²) in [6.07, 6.45) is 0. The Kier molecular flexibility index (Phi) is 5.93. The summed E-state index contributed by atoms with van der Waals surface area (Å²) in [5.74, 6) is -2.34. The molecule has 1 unspecified atom stereocenters. The zero-order chi connectivity index (χ0) is 22.7. The van der Waals surface area contributed by atoms with E-state index in [4.69, 9.17) is 0 Å². The van der Waals surface area contributed by atoms with Crippen LogP contribution in [0.25, 0.3) is 11.0 Å². The van der Waals surface area contributed by atoms with Crippen molar-refractivity contribution in [1.29, 1.82) is 0 Å². The third-order valence-corrected chi connectivity index (χ3v) is 5.05. The number of para-hydroxylation sites is 2. The van der Waals surface area contributed by atoms with Gasteiger partial charge in [-0.15, -0.1) is 0 Å². The number of hydrogen-bond donors (Lipinski definition) is 2. The van der Waals surface area contributed by atoms with Crippen LogP contribution in [0.1, 0.15) is 27.8 Å². The normalized spacial score (nSPS) is 11.8. The van der Waals surface area contributed by atoms with Crippen molar-refractivity contribution in [2.24, 2.45) is 7.05 Å². The Labute approximate surface area is 182 Å². The zero-order valence-electron chi connectivity index (χ0n) is 17.2. The second kappa shape index (κ2) is 8.97. The highest BCUT2D eigenvalue weighted by Gasteiger charge is 2.23. The van der Waals surface area contributed by atoms with Gasteiger partial charge in [0.25, 0.3) is 5.91 Å². The SMILES string of the molecule is Cn1c(C(NC(=O)CNC(=O)c2cc(F)cc(F)c2)c2ccccc2)nc2ccccc21. The van der Waals surface area contributed by atoms with Crippen molar-refractivity contribution in [3.63, 3.8) is 0 Å². The minimum atomic E-state index is -0.870. The molecule has 0 aliphatic carbocycles. The fourth-order valence-corrected chi connectivity index (χ4v) is 3.52. The number of imidazole rings is 1. The summed E-state index contributed by atoms with van der Waals surface area (Å²) < 4.78 is 28.6. The number of halogens is 2. The van der Waals surface area contributed by atoms with Gasteiger partial charge in [0.1, 0.15) is 23.5 Å². The number of nitrogens with zero attached hydrogens (tertiary/aromatic N) is 2. The number of benzene rings is 3. The van der Waals surface area contributed by atoms with Crippen LogP contribution in [0.15, 0.2) is 72.8 Å². The van der Waals surface area contributed by atoms with Gasteiger partial charge in [-0.05, 0) is 29.8 Å². The van der Waals surface area contributed by atoms with Gasteiger partial charge in [-0.1, -0.05) is 42.5 Å². The topological polar surface area (TPSA) is 76.0 Å². The number of nitrogens with one attached hydrogen (secondary N) is 2. The lowest BCUT2D eigenvalue weighted by Crippen LogP contribution is -2.39. The molecule has 32 heavy (non-hydrogen) atoms. The number of carbonyl (C=O) groups excluding carboxylic acids is 2. The molecule has 0 saturated heterocycles. The molecule has 2 N–H and O–H groups in total. The van der Waals surface area contributed by atoms with Crippen molar-refractivity contribution in [3.8, 4) is 0 Å². The second-order valence-corrected chi connectivity index (χ2v) is 7.27. The Hall–Kier alpha value is -4.07. The van der Waals surface area contributed by atoms with Gasteiger partial charge in [0.05, 0.1) is 17.6 Å². The number of aryl methyl sites for hydroxylation is 1. The zero-order valence-corrected chi connectivity index (χ0v) is 17.2. The van der Waals surface area contributed by atoms with E-state index >= 15 is 0 Å². The summed E-state index contributed by atoms with van der Waals surface area (Å²) >= 11 is 0. The highest BCUT2D eigenvalue weighted by atomic mass is 19.1. The van der Waals surface area contributed by atoms with Gasteiger partial charge < -0.3 is 15.2 Å². The van der Waals surface area contributed by atoms with Crippen molar-refractivity contribution in [3.05, 3.63) is 101 Å². The molecule has 0 fully saturated rings. The van der Waals surface area contributed by atoms with Gasteiger partial charge >= 0.3 is 0 Å². The molecule has 2 amide bonds. The Morgan fingerprint density at radius 2 is 1.62 bits per heavy atom. The van der Waals surface area contributed by atoms with Crippen LogP contribution >= 0.6 is 0 Å². The van der Waals surface area contributed by atoms with Gasteiger partial charge in [0.2, 0.25) is 5.91 Å². The Morgan fingerprint density at radius 3 is 2.31 bits per heavy atom. The lowest BCUT2D eigenvalue weighted by Gasteiger charge is -2.19. The fourth-order valence-electron chi connectivity index (χ4n) is 3.52. The van der Waals surface area contributed by atoms with Crippen LogP contribution in [-0.4, -0.2) is 27.9 Å². The molecule has 1 atom stereocenters. The summed E-state index contributed by atoms with van der Waals surface area (Å²) in [6, 6.07) is 18.9. The van der Waals surface area contributed by atoms with E-state index in [0.717, 1.165) is 28.7 Å². The third kappa shape index (κ3) is 4.49. The molecule has 8 heteroatoms. The van der Waals surface area contributed by atoms with Crippen molar-refractivity contribution in [2.75, 3.05) is 6.54 Å². The van der Waals surface area contributed by atoms with E-state index in [1.165, 1.54) is 0 Å². The molecule has 1 aromatic heterocycles. The fraction of sp³-hybridized carbons (Fsp3) is 0.125. The molecule has 0 aliphatic rings. The lowest BCUT2D eigenvalue weighted by molar-refractivity contribution is -0.120. The highest BCUT2D eigenvalue weighted by Crippen LogP contribution is 2.24. The predicted molar refractivity (Wildman–Crippen MR) is 116 cm³/mol. The number of fused-ring (bicyclic) bond motifs is 1. The number of hydrogen-bond acceptors (Lipinski definition) is 3. The third-order valence-electron chi connectivity index (χ3n) is 5.05. The van der Waals surface area contributed by atoms with Crippen LogP contribution in [0.5, 0.6) is 0 Å². The molecule has 4 aromatic rings.